The number of methoxy groups -OCH3 is 1. The maximum absolute atomic E-state index is 12.9. The fourth-order valence-corrected chi connectivity index (χ4v) is 3.55. The number of likely N-dealkylation sites (tertiary alicyclic amines) is 1. The molecule has 0 spiro atoms. The van der Waals surface area contributed by atoms with Crippen LogP contribution in [0.1, 0.15) is 40.5 Å². The molecule has 1 saturated heterocycles. The van der Waals surface area contributed by atoms with Gasteiger partial charge in [0, 0.05) is 29.7 Å². The first-order chi connectivity index (χ1) is 14.0. The smallest absolute Gasteiger partial charge is 0.257 e. The average Bonchev–Trinajstić information content (AvgIpc) is 2.74. The third-order valence-electron chi connectivity index (χ3n) is 4.94. The van der Waals surface area contributed by atoms with Crippen molar-refractivity contribution in [2.75, 3.05) is 26.8 Å². The van der Waals surface area contributed by atoms with Crippen LogP contribution in [0.2, 0.25) is 5.02 Å². The Labute approximate surface area is 175 Å². The lowest BCUT2D eigenvalue weighted by Gasteiger charge is -2.32. The standard InChI is InChI=1S/C22H25ClN2O4/c1-3-29-18-7-4-15(5-8-18)21(26)24-17-10-12-25(13-11-17)22(27)19-14-16(23)6-9-20(19)28-2/h4-9,14,17H,3,10-13H2,1-2H3,(H,24,26). The van der Waals surface area contributed by atoms with Crippen LogP contribution in [-0.2, 0) is 0 Å². The van der Waals surface area contributed by atoms with Crippen molar-refractivity contribution >= 4 is 23.4 Å². The first-order valence-electron chi connectivity index (χ1n) is 9.68. The Morgan fingerprint density at radius 2 is 1.83 bits per heavy atom. The molecule has 1 N–H and O–H groups in total. The zero-order valence-electron chi connectivity index (χ0n) is 16.6. The van der Waals surface area contributed by atoms with E-state index in [9.17, 15) is 9.59 Å². The summed E-state index contributed by atoms with van der Waals surface area (Å²) in [5.74, 6) is 1.02. The number of nitrogens with one attached hydrogen (secondary N) is 1. The molecule has 2 aromatic carbocycles. The summed E-state index contributed by atoms with van der Waals surface area (Å²) >= 11 is 6.04. The number of amides is 2. The molecule has 154 valence electrons. The van der Waals surface area contributed by atoms with Gasteiger partial charge in [0.2, 0.25) is 0 Å². The van der Waals surface area contributed by atoms with E-state index in [0.29, 0.717) is 54.4 Å². The van der Waals surface area contributed by atoms with Crippen molar-refractivity contribution in [3.63, 3.8) is 0 Å². The van der Waals surface area contributed by atoms with E-state index >= 15 is 0 Å². The second-order valence-corrected chi connectivity index (χ2v) is 7.28. The molecule has 0 unspecified atom stereocenters. The Kier molecular flexibility index (Phi) is 6.99. The molecule has 0 bridgehead atoms. The van der Waals surface area contributed by atoms with Crippen LogP contribution in [0.3, 0.4) is 0 Å². The van der Waals surface area contributed by atoms with E-state index in [4.69, 9.17) is 21.1 Å². The van der Waals surface area contributed by atoms with Crippen molar-refractivity contribution < 1.29 is 19.1 Å². The lowest BCUT2D eigenvalue weighted by Crippen LogP contribution is -2.46. The summed E-state index contributed by atoms with van der Waals surface area (Å²) in [6.07, 6.45) is 1.38. The van der Waals surface area contributed by atoms with Crippen LogP contribution in [-0.4, -0.2) is 49.6 Å². The molecule has 29 heavy (non-hydrogen) atoms. The zero-order chi connectivity index (χ0) is 20.8. The second kappa shape index (κ2) is 9.65. The number of piperidine rings is 1. The van der Waals surface area contributed by atoms with E-state index < -0.39 is 0 Å². The molecule has 2 aromatic rings. The third-order valence-corrected chi connectivity index (χ3v) is 5.17. The van der Waals surface area contributed by atoms with Gasteiger partial charge in [0.25, 0.3) is 11.8 Å². The predicted octanol–water partition coefficient (Wildman–Crippen LogP) is 3.78. The van der Waals surface area contributed by atoms with E-state index in [2.05, 4.69) is 5.32 Å². The normalized spacial score (nSPS) is 14.4. The lowest BCUT2D eigenvalue weighted by molar-refractivity contribution is 0.0695. The molecular weight excluding hydrogens is 392 g/mol. The molecule has 0 saturated carbocycles. The number of ether oxygens (including phenoxy) is 2. The Balaban J connectivity index is 1.55. The van der Waals surface area contributed by atoms with Crippen LogP contribution in [0.25, 0.3) is 0 Å². The topological polar surface area (TPSA) is 67.9 Å². The van der Waals surface area contributed by atoms with Crippen molar-refractivity contribution in [2.45, 2.75) is 25.8 Å². The van der Waals surface area contributed by atoms with E-state index in [1.165, 1.54) is 7.11 Å². The number of rotatable bonds is 6. The fourth-order valence-electron chi connectivity index (χ4n) is 3.38. The SMILES string of the molecule is CCOc1ccc(C(=O)NC2CCN(C(=O)c3cc(Cl)ccc3OC)CC2)cc1. The van der Waals surface area contributed by atoms with Crippen molar-refractivity contribution in [2.24, 2.45) is 0 Å². The first-order valence-corrected chi connectivity index (χ1v) is 10.1. The summed E-state index contributed by atoms with van der Waals surface area (Å²) in [5.41, 5.74) is 1.05. The lowest BCUT2D eigenvalue weighted by atomic mass is 10.0. The fraction of sp³-hybridized carbons (Fsp3) is 0.364. The minimum Gasteiger partial charge on any atom is -0.496 e. The summed E-state index contributed by atoms with van der Waals surface area (Å²) in [6.45, 7) is 3.62. The van der Waals surface area contributed by atoms with Gasteiger partial charge >= 0.3 is 0 Å². The maximum atomic E-state index is 12.9. The van der Waals surface area contributed by atoms with Crippen molar-refractivity contribution in [3.8, 4) is 11.5 Å². The highest BCUT2D eigenvalue weighted by Crippen LogP contribution is 2.25. The van der Waals surface area contributed by atoms with Crippen molar-refractivity contribution in [1.82, 2.24) is 10.2 Å². The molecule has 1 fully saturated rings. The molecule has 1 aliphatic heterocycles. The highest BCUT2D eigenvalue weighted by Gasteiger charge is 2.26. The van der Waals surface area contributed by atoms with E-state index in [1.54, 1.807) is 47.4 Å². The number of carbonyl (C=O) groups excluding carboxylic acids is 2. The molecule has 1 heterocycles. The van der Waals surface area contributed by atoms with Gasteiger partial charge in [0.05, 0.1) is 19.3 Å². The number of hydrogen-bond acceptors (Lipinski definition) is 4. The number of nitrogens with zero attached hydrogens (tertiary/aromatic N) is 1. The quantitative estimate of drug-likeness (QED) is 0.778. The molecule has 7 heteroatoms. The van der Waals surface area contributed by atoms with Gasteiger partial charge in [0.15, 0.2) is 0 Å². The van der Waals surface area contributed by atoms with Crippen LogP contribution in [0.15, 0.2) is 42.5 Å². The van der Waals surface area contributed by atoms with Gasteiger partial charge in [-0.25, -0.2) is 0 Å². The molecule has 2 amide bonds. The second-order valence-electron chi connectivity index (χ2n) is 6.84. The molecule has 6 nitrogen and oxygen atoms in total. The minimum atomic E-state index is -0.116. The highest BCUT2D eigenvalue weighted by atomic mass is 35.5. The Hall–Kier alpha value is -2.73. The molecule has 1 aliphatic rings. The van der Waals surface area contributed by atoms with E-state index in [0.717, 1.165) is 5.75 Å². The van der Waals surface area contributed by atoms with Gasteiger partial charge in [-0.2, -0.15) is 0 Å². The van der Waals surface area contributed by atoms with Gasteiger partial charge in [-0.3, -0.25) is 9.59 Å². The van der Waals surface area contributed by atoms with Crippen LogP contribution in [0, 0.1) is 0 Å². The van der Waals surface area contributed by atoms with Crippen LogP contribution in [0.4, 0.5) is 0 Å². The number of carbonyl (C=O) groups is 2. The maximum Gasteiger partial charge on any atom is 0.257 e. The summed E-state index contributed by atoms with van der Waals surface area (Å²) in [6, 6.07) is 12.1. The first kappa shape index (κ1) is 21.0. The molecule has 0 aliphatic carbocycles. The summed E-state index contributed by atoms with van der Waals surface area (Å²) in [7, 11) is 1.53. The molecule has 0 aromatic heterocycles. The average molecular weight is 417 g/mol. The van der Waals surface area contributed by atoms with Gasteiger partial charge in [-0.05, 0) is 62.2 Å². The van der Waals surface area contributed by atoms with Crippen LogP contribution >= 0.6 is 11.6 Å². The van der Waals surface area contributed by atoms with Gasteiger partial charge in [0.1, 0.15) is 11.5 Å². The monoisotopic (exact) mass is 416 g/mol. The van der Waals surface area contributed by atoms with Crippen molar-refractivity contribution in [1.29, 1.82) is 0 Å². The molecule has 0 radical (unpaired) electrons. The molecule has 3 rings (SSSR count). The zero-order valence-corrected chi connectivity index (χ0v) is 17.4. The summed E-state index contributed by atoms with van der Waals surface area (Å²) in [5, 5.41) is 3.55. The Bertz CT molecular complexity index is 862. The van der Waals surface area contributed by atoms with Crippen LogP contribution < -0.4 is 14.8 Å². The van der Waals surface area contributed by atoms with Gasteiger partial charge in [-0.1, -0.05) is 11.6 Å². The Morgan fingerprint density at radius 3 is 2.45 bits per heavy atom. The largest absolute Gasteiger partial charge is 0.496 e. The van der Waals surface area contributed by atoms with Gasteiger partial charge < -0.3 is 19.7 Å². The molecule has 0 atom stereocenters. The number of benzene rings is 2. The number of halogens is 1. The van der Waals surface area contributed by atoms with Crippen molar-refractivity contribution in [3.05, 3.63) is 58.6 Å². The highest BCUT2D eigenvalue weighted by molar-refractivity contribution is 6.31. The minimum absolute atomic E-state index is 0.0272. The third kappa shape index (κ3) is 5.21. The van der Waals surface area contributed by atoms with Gasteiger partial charge in [-0.15, -0.1) is 0 Å². The van der Waals surface area contributed by atoms with Crippen LogP contribution in [0.5, 0.6) is 11.5 Å². The predicted molar refractivity (Wildman–Crippen MR) is 112 cm³/mol. The Morgan fingerprint density at radius 1 is 1.14 bits per heavy atom. The molecular formula is C22H25ClN2O4. The number of hydrogen-bond donors (Lipinski definition) is 1. The summed E-state index contributed by atoms with van der Waals surface area (Å²) in [4.78, 5) is 27.1. The van der Waals surface area contributed by atoms with E-state index in [1.807, 2.05) is 6.92 Å². The summed E-state index contributed by atoms with van der Waals surface area (Å²) < 4.78 is 10.7. The van der Waals surface area contributed by atoms with E-state index in [-0.39, 0.29) is 17.9 Å².